The highest BCUT2D eigenvalue weighted by atomic mass is 19.1. The van der Waals surface area contributed by atoms with Crippen molar-refractivity contribution in [3.8, 4) is 5.88 Å². The largest absolute Gasteiger partial charge is 0.480 e. The predicted octanol–water partition coefficient (Wildman–Crippen LogP) is 0.259. The molecule has 0 aliphatic rings. The van der Waals surface area contributed by atoms with Gasteiger partial charge in [0.1, 0.15) is 13.3 Å². The number of nitrogens with one attached hydrogen (secondary N) is 1. The highest BCUT2D eigenvalue weighted by Crippen LogP contribution is 2.09. The molecule has 20 heavy (non-hydrogen) atoms. The van der Waals surface area contributed by atoms with E-state index in [-0.39, 0.29) is 18.1 Å². The second kappa shape index (κ2) is 8.05. The maximum atomic E-state index is 12.4. The van der Waals surface area contributed by atoms with Gasteiger partial charge in [-0.15, -0.1) is 0 Å². The number of carboxylic acids is 1. The topological polar surface area (TPSA) is 97.8 Å². The molecule has 0 saturated heterocycles. The minimum absolute atomic E-state index is 0.132. The number of ether oxygens (including phenoxy) is 2. The van der Waals surface area contributed by atoms with Crippen molar-refractivity contribution in [3.05, 3.63) is 23.9 Å². The monoisotopic (exact) mass is 286 g/mol. The van der Waals surface area contributed by atoms with Gasteiger partial charge in [-0.05, 0) is 6.07 Å². The highest BCUT2D eigenvalue weighted by molar-refractivity contribution is 5.96. The van der Waals surface area contributed by atoms with Gasteiger partial charge in [0.2, 0.25) is 5.88 Å². The van der Waals surface area contributed by atoms with Gasteiger partial charge in [0.15, 0.2) is 6.04 Å². The van der Waals surface area contributed by atoms with Gasteiger partial charge in [0.05, 0.1) is 6.61 Å². The van der Waals surface area contributed by atoms with Crippen LogP contribution in [0.2, 0.25) is 0 Å². The average Bonchev–Trinajstić information content (AvgIpc) is 2.44. The van der Waals surface area contributed by atoms with E-state index >= 15 is 0 Å². The first kappa shape index (κ1) is 15.8. The summed E-state index contributed by atoms with van der Waals surface area (Å²) in [5.74, 6) is -1.96. The standard InChI is InChI=1S/C12H15FN2O5/c1-19-4-5-20-10-6-8(2-3-14-10)11(16)15-9(7-13)12(17)18/h2-3,6,9H,4-5,7H2,1H3,(H,15,16)(H,17,18). The summed E-state index contributed by atoms with van der Waals surface area (Å²) in [4.78, 5) is 26.3. The zero-order valence-electron chi connectivity index (χ0n) is 10.8. The third-order valence-electron chi connectivity index (χ3n) is 2.29. The second-order valence-electron chi connectivity index (χ2n) is 3.74. The van der Waals surface area contributed by atoms with Crippen LogP contribution in [-0.4, -0.2) is 55.0 Å². The van der Waals surface area contributed by atoms with E-state index in [0.29, 0.717) is 6.61 Å². The van der Waals surface area contributed by atoms with Crippen molar-refractivity contribution < 1.29 is 28.6 Å². The Morgan fingerprint density at radius 2 is 2.25 bits per heavy atom. The molecule has 0 aliphatic heterocycles. The molecule has 0 spiro atoms. The Kier molecular flexibility index (Phi) is 6.38. The molecule has 0 bridgehead atoms. The van der Waals surface area contributed by atoms with Crippen LogP contribution in [0.5, 0.6) is 5.88 Å². The number of alkyl halides is 1. The number of nitrogens with zero attached hydrogens (tertiary/aromatic N) is 1. The van der Waals surface area contributed by atoms with Crippen molar-refractivity contribution in [2.45, 2.75) is 6.04 Å². The number of aliphatic carboxylic acids is 1. The fourth-order valence-electron chi connectivity index (χ4n) is 1.27. The Morgan fingerprint density at radius 1 is 1.50 bits per heavy atom. The van der Waals surface area contributed by atoms with E-state index in [4.69, 9.17) is 14.6 Å². The van der Waals surface area contributed by atoms with Gasteiger partial charge in [0, 0.05) is 24.9 Å². The predicted molar refractivity (Wildman–Crippen MR) is 66.5 cm³/mol. The molecule has 1 atom stereocenters. The lowest BCUT2D eigenvalue weighted by Crippen LogP contribution is -2.42. The molecular weight excluding hydrogens is 271 g/mol. The molecule has 1 amide bonds. The molecule has 2 N–H and O–H groups in total. The van der Waals surface area contributed by atoms with Crippen molar-refractivity contribution in [2.75, 3.05) is 27.0 Å². The Balaban J connectivity index is 2.68. The molecule has 0 aliphatic carbocycles. The van der Waals surface area contributed by atoms with Gasteiger partial charge >= 0.3 is 5.97 Å². The van der Waals surface area contributed by atoms with Crippen molar-refractivity contribution in [1.29, 1.82) is 0 Å². The van der Waals surface area contributed by atoms with Gasteiger partial charge in [-0.25, -0.2) is 14.2 Å². The van der Waals surface area contributed by atoms with E-state index in [2.05, 4.69) is 10.3 Å². The molecule has 7 nitrogen and oxygen atoms in total. The van der Waals surface area contributed by atoms with Gasteiger partial charge in [0.25, 0.3) is 5.91 Å². The van der Waals surface area contributed by atoms with Crippen LogP contribution >= 0.6 is 0 Å². The van der Waals surface area contributed by atoms with Crippen LogP contribution in [0.15, 0.2) is 18.3 Å². The lowest BCUT2D eigenvalue weighted by Gasteiger charge is -2.11. The van der Waals surface area contributed by atoms with Gasteiger partial charge in [-0.3, -0.25) is 4.79 Å². The normalized spacial score (nSPS) is 11.7. The van der Waals surface area contributed by atoms with Crippen LogP contribution in [0.25, 0.3) is 0 Å². The zero-order valence-corrected chi connectivity index (χ0v) is 10.8. The van der Waals surface area contributed by atoms with Crippen LogP contribution in [0, 0.1) is 0 Å². The quantitative estimate of drug-likeness (QED) is 0.665. The summed E-state index contributed by atoms with van der Waals surface area (Å²) in [7, 11) is 1.52. The minimum Gasteiger partial charge on any atom is -0.480 e. The van der Waals surface area contributed by atoms with Gasteiger partial charge in [-0.1, -0.05) is 0 Å². The van der Waals surface area contributed by atoms with E-state index in [9.17, 15) is 14.0 Å². The molecule has 1 heterocycles. The number of carbonyl (C=O) groups is 2. The van der Waals surface area contributed by atoms with Crippen molar-refractivity contribution in [2.24, 2.45) is 0 Å². The Hall–Kier alpha value is -2.22. The molecule has 0 radical (unpaired) electrons. The molecular formula is C12H15FN2O5. The third kappa shape index (κ3) is 4.81. The number of rotatable bonds is 8. The molecule has 0 saturated carbocycles. The first-order valence-corrected chi connectivity index (χ1v) is 5.76. The molecule has 110 valence electrons. The van der Waals surface area contributed by atoms with Crippen LogP contribution in [0.3, 0.4) is 0 Å². The highest BCUT2D eigenvalue weighted by Gasteiger charge is 2.20. The number of hydrogen-bond donors (Lipinski definition) is 2. The summed E-state index contributed by atoms with van der Waals surface area (Å²) in [6, 6.07) is 1.13. The number of amides is 1. The van der Waals surface area contributed by atoms with E-state index in [1.54, 1.807) is 0 Å². The minimum atomic E-state index is -1.58. The van der Waals surface area contributed by atoms with Crippen molar-refractivity contribution >= 4 is 11.9 Å². The average molecular weight is 286 g/mol. The van der Waals surface area contributed by atoms with Crippen LogP contribution < -0.4 is 10.1 Å². The number of carboxylic acid groups (broad SMARTS) is 1. The SMILES string of the molecule is COCCOc1cc(C(=O)NC(CF)C(=O)O)ccn1. The second-order valence-corrected chi connectivity index (χ2v) is 3.74. The Labute approximate surface area is 114 Å². The van der Waals surface area contributed by atoms with Crippen molar-refractivity contribution in [1.82, 2.24) is 10.3 Å². The number of pyridine rings is 1. The lowest BCUT2D eigenvalue weighted by molar-refractivity contribution is -0.139. The molecule has 1 rings (SSSR count). The Bertz CT molecular complexity index is 469. The number of halogens is 1. The van der Waals surface area contributed by atoms with E-state index < -0.39 is 24.6 Å². The number of hydrogen-bond acceptors (Lipinski definition) is 5. The maximum Gasteiger partial charge on any atom is 0.328 e. The van der Waals surface area contributed by atoms with Gasteiger partial charge in [-0.2, -0.15) is 0 Å². The first-order valence-electron chi connectivity index (χ1n) is 5.76. The molecule has 8 heteroatoms. The van der Waals surface area contributed by atoms with E-state index in [1.165, 1.54) is 25.4 Å². The molecule has 1 unspecified atom stereocenters. The van der Waals surface area contributed by atoms with Crippen LogP contribution in [0.4, 0.5) is 4.39 Å². The number of carbonyl (C=O) groups excluding carboxylic acids is 1. The van der Waals surface area contributed by atoms with Gasteiger partial charge < -0.3 is 19.9 Å². The number of aromatic nitrogens is 1. The van der Waals surface area contributed by atoms with E-state index in [0.717, 1.165) is 0 Å². The summed E-state index contributed by atoms with van der Waals surface area (Å²) < 4.78 is 22.4. The summed E-state index contributed by atoms with van der Waals surface area (Å²) >= 11 is 0. The fraction of sp³-hybridized carbons (Fsp3) is 0.417. The van der Waals surface area contributed by atoms with Crippen LogP contribution in [-0.2, 0) is 9.53 Å². The fourth-order valence-corrected chi connectivity index (χ4v) is 1.27. The lowest BCUT2D eigenvalue weighted by atomic mass is 10.2. The van der Waals surface area contributed by atoms with E-state index in [1.807, 2.05) is 0 Å². The van der Waals surface area contributed by atoms with Crippen molar-refractivity contribution in [3.63, 3.8) is 0 Å². The molecule has 0 aromatic carbocycles. The number of methoxy groups -OCH3 is 1. The van der Waals surface area contributed by atoms with Crippen LogP contribution in [0.1, 0.15) is 10.4 Å². The summed E-state index contributed by atoms with van der Waals surface area (Å²) in [6.45, 7) is -0.568. The maximum absolute atomic E-state index is 12.4. The molecule has 1 aromatic heterocycles. The molecule has 1 aromatic rings. The zero-order chi connectivity index (χ0) is 15.0. The summed E-state index contributed by atoms with van der Waals surface area (Å²) in [5, 5.41) is 10.7. The Morgan fingerprint density at radius 3 is 2.85 bits per heavy atom. The summed E-state index contributed by atoms with van der Waals surface area (Å²) in [5.41, 5.74) is 0.132. The smallest absolute Gasteiger partial charge is 0.328 e. The first-order chi connectivity index (χ1) is 9.58. The molecule has 0 fully saturated rings. The summed E-state index contributed by atoms with van der Waals surface area (Å²) in [6.07, 6.45) is 1.34. The third-order valence-corrected chi connectivity index (χ3v) is 2.29.